The first-order valence-corrected chi connectivity index (χ1v) is 12.5. The fraction of sp³-hybridized carbons (Fsp3) is 0.200. The van der Waals surface area contributed by atoms with E-state index in [1.54, 1.807) is 36.1 Å². The second-order valence-corrected chi connectivity index (χ2v) is 9.51. The van der Waals surface area contributed by atoms with Crippen molar-refractivity contribution >= 4 is 23.7 Å². The van der Waals surface area contributed by atoms with E-state index in [9.17, 15) is 4.79 Å². The molecule has 0 unspecified atom stereocenters. The van der Waals surface area contributed by atoms with Crippen LogP contribution in [0.2, 0.25) is 0 Å². The van der Waals surface area contributed by atoms with E-state index in [0.717, 1.165) is 22.8 Å². The third-order valence-electron chi connectivity index (χ3n) is 5.06. The summed E-state index contributed by atoms with van der Waals surface area (Å²) in [5.41, 5.74) is 5.88. The molecule has 0 saturated carbocycles. The smallest absolute Gasteiger partial charge is 0.277 e. The second-order valence-electron chi connectivity index (χ2n) is 7.58. The number of thioether (sulfide) groups is 1. The van der Waals surface area contributed by atoms with Gasteiger partial charge in [0.15, 0.2) is 5.16 Å². The van der Waals surface area contributed by atoms with Crippen LogP contribution in [0.4, 0.5) is 0 Å². The van der Waals surface area contributed by atoms with Crippen molar-refractivity contribution in [3.8, 4) is 5.69 Å². The van der Waals surface area contributed by atoms with Gasteiger partial charge < -0.3 is 0 Å². The van der Waals surface area contributed by atoms with Crippen molar-refractivity contribution < 1.29 is 0 Å². The Labute approximate surface area is 202 Å². The highest BCUT2D eigenvalue weighted by Gasteiger charge is 2.12. The summed E-state index contributed by atoms with van der Waals surface area (Å²) in [6.07, 6.45) is 7.28. The van der Waals surface area contributed by atoms with Crippen LogP contribution in [0.15, 0.2) is 83.4 Å². The van der Waals surface area contributed by atoms with Gasteiger partial charge in [-0.05, 0) is 42.8 Å². The molecule has 0 bridgehead atoms. The molecule has 0 amide bonds. The van der Waals surface area contributed by atoms with Gasteiger partial charge in [-0.1, -0.05) is 65.7 Å². The van der Waals surface area contributed by atoms with Crippen LogP contribution in [0.5, 0.6) is 0 Å². The van der Waals surface area contributed by atoms with E-state index in [-0.39, 0.29) is 5.56 Å². The molecule has 2 heterocycles. The lowest BCUT2D eigenvalue weighted by molar-refractivity contribution is 0.789. The third kappa shape index (κ3) is 6.31. The Morgan fingerprint density at radius 2 is 1.58 bits per heavy atom. The second kappa shape index (κ2) is 11.3. The predicted octanol–water partition coefficient (Wildman–Crippen LogP) is 4.58. The molecule has 0 radical (unpaired) electrons. The Balaban J connectivity index is 1.67. The molecule has 0 spiro atoms. The molecule has 0 aliphatic rings. The maximum Gasteiger partial charge on any atom is 0.277 e. The van der Waals surface area contributed by atoms with Gasteiger partial charge in [0.05, 0.1) is 0 Å². The van der Waals surface area contributed by atoms with Gasteiger partial charge in [0.1, 0.15) is 6.33 Å². The van der Waals surface area contributed by atoms with E-state index in [1.165, 1.54) is 23.0 Å². The molecule has 8 heteroatoms. The van der Waals surface area contributed by atoms with Crippen LogP contribution in [-0.4, -0.2) is 26.6 Å². The van der Waals surface area contributed by atoms with Crippen molar-refractivity contribution in [3.63, 3.8) is 0 Å². The maximum absolute atomic E-state index is 12.9. The number of aromatic nitrogens is 4. The largest absolute Gasteiger partial charge is 0.296 e. The molecule has 0 aliphatic carbocycles. The van der Waals surface area contributed by atoms with Crippen LogP contribution in [-0.2, 0) is 17.9 Å². The first kappa shape index (κ1) is 23.2. The molecule has 0 saturated heterocycles. The van der Waals surface area contributed by atoms with Crippen LogP contribution < -0.4 is 10.3 Å². The van der Waals surface area contributed by atoms with Crippen LogP contribution in [0.25, 0.3) is 5.69 Å². The standard InChI is InChI=1S/C25H25N5OS2/c1-18-3-5-19(6-4-18)15-32-25-29-24(31)22(11-21-12-27-17-28-13-21)14-30(25)23-9-7-20(8-10-23)16-33-26-2/h3-10,12-14,17,26H,11,15-16H2,1-2H3. The van der Waals surface area contributed by atoms with E-state index < -0.39 is 0 Å². The minimum Gasteiger partial charge on any atom is -0.296 e. The van der Waals surface area contributed by atoms with Crippen LogP contribution >= 0.6 is 23.7 Å². The Bertz CT molecular complexity index is 1240. The quantitative estimate of drug-likeness (QED) is 0.216. The van der Waals surface area contributed by atoms with E-state index in [0.29, 0.717) is 17.1 Å². The van der Waals surface area contributed by atoms with Crippen molar-refractivity contribution in [1.29, 1.82) is 0 Å². The topological polar surface area (TPSA) is 72.7 Å². The molecular weight excluding hydrogens is 450 g/mol. The summed E-state index contributed by atoms with van der Waals surface area (Å²) in [5.74, 6) is 1.61. The van der Waals surface area contributed by atoms with Gasteiger partial charge in [0.25, 0.3) is 5.56 Å². The van der Waals surface area contributed by atoms with E-state index in [2.05, 4.69) is 75.1 Å². The van der Waals surface area contributed by atoms with Gasteiger partial charge in [0.2, 0.25) is 0 Å². The van der Waals surface area contributed by atoms with Crippen molar-refractivity contribution in [2.45, 2.75) is 30.0 Å². The van der Waals surface area contributed by atoms with Crippen molar-refractivity contribution in [1.82, 2.24) is 24.2 Å². The van der Waals surface area contributed by atoms with Crippen LogP contribution in [0.3, 0.4) is 0 Å². The lowest BCUT2D eigenvalue weighted by atomic mass is 10.1. The zero-order valence-corrected chi connectivity index (χ0v) is 20.2. The summed E-state index contributed by atoms with van der Waals surface area (Å²) in [4.78, 5) is 25.5. The molecule has 33 heavy (non-hydrogen) atoms. The van der Waals surface area contributed by atoms with E-state index in [4.69, 9.17) is 0 Å². The van der Waals surface area contributed by atoms with Crippen molar-refractivity contribution in [2.24, 2.45) is 0 Å². The number of hydrogen-bond donors (Lipinski definition) is 1. The highest BCUT2D eigenvalue weighted by atomic mass is 32.2. The summed E-state index contributed by atoms with van der Waals surface area (Å²) in [6, 6.07) is 16.8. The first-order valence-electron chi connectivity index (χ1n) is 10.5. The summed E-state index contributed by atoms with van der Waals surface area (Å²) in [5, 5.41) is 0.672. The molecule has 6 nitrogen and oxygen atoms in total. The molecule has 0 aliphatic heterocycles. The predicted molar refractivity (Wildman–Crippen MR) is 136 cm³/mol. The zero-order valence-electron chi connectivity index (χ0n) is 18.6. The monoisotopic (exact) mass is 475 g/mol. The fourth-order valence-electron chi connectivity index (χ4n) is 3.27. The number of nitrogens with zero attached hydrogens (tertiary/aromatic N) is 4. The number of rotatable bonds is 9. The molecular formula is C25H25N5OS2. The average molecular weight is 476 g/mol. The van der Waals surface area contributed by atoms with E-state index in [1.807, 2.05) is 17.8 Å². The molecule has 4 aromatic rings. The normalized spacial score (nSPS) is 11.0. The SMILES string of the molecule is CNSCc1ccc(-n2cc(Cc3cncnc3)c(=O)nc2SCc2ccc(C)cc2)cc1. The summed E-state index contributed by atoms with van der Waals surface area (Å²) in [7, 11) is 1.92. The molecule has 1 N–H and O–H groups in total. The summed E-state index contributed by atoms with van der Waals surface area (Å²) >= 11 is 3.21. The highest BCUT2D eigenvalue weighted by Crippen LogP contribution is 2.24. The van der Waals surface area contributed by atoms with Crippen molar-refractivity contribution in [2.75, 3.05) is 7.05 Å². The minimum atomic E-state index is -0.219. The van der Waals surface area contributed by atoms with Gasteiger partial charge in [-0.25, -0.2) is 9.97 Å². The summed E-state index contributed by atoms with van der Waals surface area (Å²) in [6.45, 7) is 2.07. The van der Waals surface area contributed by atoms with Gasteiger partial charge in [0, 0.05) is 47.8 Å². The number of benzene rings is 2. The minimum absolute atomic E-state index is 0.219. The molecule has 0 atom stereocenters. The lowest BCUT2D eigenvalue weighted by Crippen LogP contribution is -2.19. The Morgan fingerprint density at radius 1 is 0.909 bits per heavy atom. The van der Waals surface area contributed by atoms with Gasteiger partial charge >= 0.3 is 0 Å². The molecule has 2 aromatic heterocycles. The number of nitrogens with one attached hydrogen (secondary N) is 1. The average Bonchev–Trinajstić information content (AvgIpc) is 2.85. The molecule has 0 fully saturated rings. The van der Waals surface area contributed by atoms with Gasteiger partial charge in [-0.15, -0.1) is 0 Å². The molecule has 2 aromatic carbocycles. The Morgan fingerprint density at radius 3 is 2.27 bits per heavy atom. The third-order valence-corrected chi connectivity index (χ3v) is 6.85. The van der Waals surface area contributed by atoms with Crippen LogP contribution in [0.1, 0.15) is 27.8 Å². The lowest BCUT2D eigenvalue weighted by Gasteiger charge is -2.15. The highest BCUT2D eigenvalue weighted by molar-refractivity contribution is 7.98. The molecule has 4 rings (SSSR count). The molecule has 168 valence electrons. The first-order chi connectivity index (χ1) is 16.1. The Kier molecular flexibility index (Phi) is 7.93. The van der Waals surface area contributed by atoms with Gasteiger partial charge in [-0.2, -0.15) is 4.98 Å². The maximum atomic E-state index is 12.9. The fourth-order valence-corrected chi connectivity index (χ4v) is 4.70. The van der Waals surface area contributed by atoms with Crippen molar-refractivity contribution in [3.05, 3.63) is 112 Å². The Hall–Kier alpha value is -2.94. The zero-order chi connectivity index (χ0) is 23.0. The van der Waals surface area contributed by atoms with Gasteiger partial charge in [-0.3, -0.25) is 14.1 Å². The number of aryl methyl sites for hydroxylation is 1. The number of hydrogen-bond acceptors (Lipinski definition) is 7. The summed E-state index contributed by atoms with van der Waals surface area (Å²) < 4.78 is 5.11. The van der Waals surface area contributed by atoms with Crippen LogP contribution in [0, 0.1) is 6.92 Å². The van der Waals surface area contributed by atoms with E-state index >= 15 is 0 Å².